The second-order valence-electron chi connectivity index (χ2n) is 4.01. The summed E-state index contributed by atoms with van der Waals surface area (Å²) >= 11 is 0. The minimum atomic E-state index is -1.25. The van der Waals surface area contributed by atoms with Crippen LogP contribution in [0.4, 0.5) is 5.69 Å². The minimum absolute atomic E-state index is 0.0576. The van der Waals surface area contributed by atoms with Crippen molar-refractivity contribution in [2.24, 2.45) is 0 Å². The van der Waals surface area contributed by atoms with Crippen LogP contribution in [-0.4, -0.2) is 24.5 Å². The quantitative estimate of drug-likeness (QED) is 0.753. The molecule has 0 aromatic heterocycles. The summed E-state index contributed by atoms with van der Waals surface area (Å²) < 4.78 is 0. The van der Waals surface area contributed by atoms with Gasteiger partial charge in [0.25, 0.3) is 0 Å². The fourth-order valence-corrected chi connectivity index (χ4v) is 1.86. The molecule has 17 heavy (non-hydrogen) atoms. The summed E-state index contributed by atoms with van der Waals surface area (Å²) in [5.74, 6) is -1.38. The van der Waals surface area contributed by atoms with Crippen molar-refractivity contribution < 1.29 is 14.7 Å². The van der Waals surface area contributed by atoms with Gasteiger partial charge in [0.05, 0.1) is 12.0 Å². The third-order valence-corrected chi connectivity index (χ3v) is 2.74. The molecule has 0 spiro atoms. The first-order valence-electron chi connectivity index (χ1n) is 5.52. The third-order valence-electron chi connectivity index (χ3n) is 2.74. The van der Waals surface area contributed by atoms with Crippen molar-refractivity contribution in [1.82, 2.24) is 5.32 Å². The lowest BCUT2D eigenvalue weighted by atomic mass is 10.2. The number of carboxylic acids is 1. The Morgan fingerprint density at radius 2 is 2.24 bits per heavy atom. The molecular formula is C12H13N2O3-. The first kappa shape index (κ1) is 11.6. The van der Waals surface area contributed by atoms with Gasteiger partial charge in [0.1, 0.15) is 0 Å². The number of rotatable bonds is 3. The molecule has 1 aromatic rings. The van der Waals surface area contributed by atoms with Crippen LogP contribution in [0.1, 0.15) is 23.2 Å². The van der Waals surface area contributed by atoms with Crippen LogP contribution in [0.25, 0.3) is 0 Å². The van der Waals surface area contributed by atoms with E-state index >= 15 is 0 Å². The highest BCUT2D eigenvalue weighted by Crippen LogP contribution is 2.12. The Bertz CT molecular complexity index is 439. The molecule has 0 radical (unpaired) electrons. The molecule has 2 rings (SSSR count). The van der Waals surface area contributed by atoms with Crippen molar-refractivity contribution in [2.45, 2.75) is 18.9 Å². The highest BCUT2D eigenvalue weighted by molar-refractivity contribution is 5.96. The van der Waals surface area contributed by atoms with Gasteiger partial charge in [0.15, 0.2) is 0 Å². The molecule has 2 N–H and O–H groups in total. The highest BCUT2D eigenvalue weighted by atomic mass is 16.4. The Hall–Kier alpha value is -1.88. The molecule has 0 unspecified atom stereocenters. The highest BCUT2D eigenvalue weighted by Gasteiger charge is 2.21. The molecule has 90 valence electrons. The van der Waals surface area contributed by atoms with Crippen LogP contribution in [0.15, 0.2) is 24.3 Å². The molecule has 5 heteroatoms. The number of hydrogen-bond donors (Lipinski definition) is 2. The SMILES string of the molecule is O=C([O-])c1cccc(NC(=O)[C@@H]2CCCN2)c1. The lowest BCUT2D eigenvalue weighted by molar-refractivity contribution is -0.255. The Morgan fingerprint density at radius 3 is 2.88 bits per heavy atom. The zero-order valence-electron chi connectivity index (χ0n) is 9.23. The van der Waals surface area contributed by atoms with E-state index in [1.807, 2.05) is 0 Å². The summed E-state index contributed by atoms with van der Waals surface area (Å²) in [4.78, 5) is 22.4. The van der Waals surface area contributed by atoms with Crippen LogP contribution in [0.3, 0.4) is 0 Å². The number of amides is 1. The first-order valence-corrected chi connectivity index (χ1v) is 5.52. The zero-order valence-corrected chi connectivity index (χ0v) is 9.23. The fourth-order valence-electron chi connectivity index (χ4n) is 1.86. The molecule has 1 amide bonds. The van der Waals surface area contributed by atoms with Crippen LogP contribution in [-0.2, 0) is 4.79 Å². The van der Waals surface area contributed by atoms with Gasteiger partial charge in [-0.1, -0.05) is 12.1 Å². The molecule has 1 aromatic carbocycles. The average molecular weight is 233 g/mol. The summed E-state index contributed by atoms with van der Waals surface area (Å²) in [6.45, 7) is 0.844. The number of carboxylic acid groups (broad SMARTS) is 1. The van der Waals surface area contributed by atoms with Gasteiger partial charge in [-0.05, 0) is 37.1 Å². The van der Waals surface area contributed by atoms with Gasteiger partial charge in [-0.15, -0.1) is 0 Å². The standard InChI is InChI=1S/C12H14N2O3/c15-11(10-5-2-6-13-10)14-9-4-1-3-8(7-9)12(16)17/h1,3-4,7,10,13H,2,5-6H2,(H,14,15)(H,16,17)/p-1/t10-/m0/s1. The maximum atomic E-state index is 11.8. The summed E-state index contributed by atoms with van der Waals surface area (Å²) in [7, 11) is 0. The van der Waals surface area contributed by atoms with Gasteiger partial charge >= 0.3 is 0 Å². The number of anilines is 1. The van der Waals surface area contributed by atoms with Gasteiger partial charge in [0, 0.05) is 5.69 Å². The Kier molecular flexibility index (Phi) is 3.39. The number of hydrogen-bond acceptors (Lipinski definition) is 4. The molecule has 0 aliphatic carbocycles. The second kappa shape index (κ2) is 4.97. The van der Waals surface area contributed by atoms with Crippen LogP contribution >= 0.6 is 0 Å². The lowest BCUT2D eigenvalue weighted by Crippen LogP contribution is -2.35. The molecule has 1 atom stereocenters. The zero-order chi connectivity index (χ0) is 12.3. The Morgan fingerprint density at radius 1 is 1.41 bits per heavy atom. The first-order chi connectivity index (χ1) is 8.16. The third kappa shape index (κ3) is 2.82. The molecule has 5 nitrogen and oxygen atoms in total. The summed E-state index contributed by atoms with van der Waals surface area (Å²) in [5, 5.41) is 16.4. The van der Waals surface area contributed by atoms with Gasteiger partial charge < -0.3 is 20.5 Å². The normalized spacial score (nSPS) is 18.9. The maximum Gasteiger partial charge on any atom is 0.241 e. The molecule has 1 saturated heterocycles. The Balaban J connectivity index is 2.05. The predicted octanol–water partition coefficient (Wildman–Crippen LogP) is -0.259. The van der Waals surface area contributed by atoms with E-state index in [4.69, 9.17) is 0 Å². The molecule has 1 fully saturated rings. The number of benzene rings is 1. The molecule has 0 bridgehead atoms. The molecule has 1 aliphatic rings. The van der Waals surface area contributed by atoms with Gasteiger partial charge in [0.2, 0.25) is 5.91 Å². The van der Waals surface area contributed by atoms with Gasteiger partial charge in [-0.25, -0.2) is 0 Å². The smallest absolute Gasteiger partial charge is 0.241 e. The van der Waals surface area contributed by atoms with Crippen LogP contribution < -0.4 is 15.7 Å². The summed E-state index contributed by atoms with van der Waals surface area (Å²) in [6.07, 6.45) is 1.79. The van der Waals surface area contributed by atoms with Crippen molar-refractivity contribution in [3.63, 3.8) is 0 Å². The molecular weight excluding hydrogens is 220 g/mol. The van der Waals surface area contributed by atoms with E-state index in [-0.39, 0.29) is 17.5 Å². The van der Waals surface area contributed by atoms with Gasteiger partial charge in [-0.2, -0.15) is 0 Å². The van der Waals surface area contributed by atoms with Crippen LogP contribution in [0, 0.1) is 0 Å². The molecule has 1 aliphatic heterocycles. The molecule has 1 heterocycles. The second-order valence-corrected chi connectivity index (χ2v) is 4.01. The monoisotopic (exact) mass is 233 g/mol. The van der Waals surface area contributed by atoms with Crippen molar-refractivity contribution in [3.8, 4) is 0 Å². The van der Waals surface area contributed by atoms with E-state index in [1.54, 1.807) is 12.1 Å². The number of carbonyl (C=O) groups excluding carboxylic acids is 2. The van der Waals surface area contributed by atoms with Gasteiger partial charge in [-0.3, -0.25) is 4.79 Å². The van der Waals surface area contributed by atoms with Crippen LogP contribution in [0.2, 0.25) is 0 Å². The average Bonchev–Trinajstić information content (AvgIpc) is 2.82. The number of nitrogens with one attached hydrogen (secondary N) is 2. The van der Waals surface area contributed by atoms with Crippen LogP contribution in [0.5, 0.6) is 0 Å². The minimum Gasteiger partial charge on any atom is -0.545 e. The lowest BCUT2D eigenvalue weighted by Gasteiger charge is -2.12. The topological polar surface area (TPSA) is 81.3 Å². The van der Waals surface area contributed by atoms with E-state index < -0.39 is 5.97 Å². The fraction of sp³-hybridized carbons (Fsp3) is 0.333. The van der Waals surface area contributed by atoms with Crippen molar-refractivity contribution in [3.05, 3.63) is 29.8 Å². The Labute approximate surface area is 98.8 Å². The van der Waals surface area contributed by atoms with E-state index in [9.17, 15) is 14.7 Å². The number of carbonyl (C=O) groups is 2. The van der Waals surface area contributed by atoms with E-state index in [0.717, 1.165) is 19.4 Å². The summed E-state index contributed by atoms with van der Waals surface area (Å²) in [6, 6.07) is 5.87. The van der Waals surface area contributed by atoms with Crippen molar-refractivity contribution in [1.29, 1.82) is 0 Å². The molecule has 0 saturated carbocycles. The van der Waals surface area contributed by atoms with Crippen molar-refractivity contribution in [2.75, 3.05) is 11.9 Å². The largest absolute Gasteiger partial charge is 0.545 e. The van der Waals surface area contributed by atoms with E-state index in [1.165, 1.54) is 12.1 Å². The summed E-state index contributed by atoms with van der Waals surface area (Å²) in [5.41, 5.74) is 0.535. The maximum absolute atomic E-state index is 11.8. The number of aromatic carboxylic acids is 1. The predicted molar refractivity (Wildman–Crippen MR) is 60.4 cm³/mol. The van der Waals surface area contributed by atoms with E-state index in [0.29, 0.717) is 5.69 Å². The van der Waals surface area contributed by atoms with E-state index in [2.05, 4.69) is 10.6 Å². The van der Waals surface area contributed by atoms with Crippen molar-refractivity contribution >= 4 is 17.6 Å².